The Kier molecular flexibility index (Phi) is 6.00. The van der Waals surface area contributed by atoms with Gasteiger partial charge in [-0.2, -0.15) is 0 Å². The second-order valence-electron chi connectivity index (χ2n) is 4.02. The van der Waals surface area contributed by atoms with Gasteiger partial charge in [-0.05, 0) is 6.42 Å². The highest BCUT2D eigenvalue weighted by molar-refractivity contribution is 5.99. The molecular weight excluding hydrogens is 214 g/mol. The van der Waals surface area contributed by atoms with Crippen LogP contribution < -0.4 is 5.32 Å². The van der Waals surface area contributed by atoms with Crippen molar-refractivity contribution in [2.24, 2.45) is 0 Å². The molecule has 0 bridgehead atoms. The molecule has 1 aromatic carbocycles. The Bertz CT molecular complexity index is 360. The Morgan fingerprint density at radius 3 is 2.47 bits per heavy atom. The number of rotatable bonds is 7. The third-order valence-corrected chi connectivity index (χ3v) is 2.55. The van der Waals surface area contributed by atoms with Gasteiger partial charge < -0.3 is 5.32 Å². The number of benzene rings is 1. The van der Waals surface area contributed by atoms with E-state index in [2.05, 4.69) is 12.2 Å². The van der Waals surface area contributed by atoms with Gasteiger partial charge in [0.05, 0.1) is 6.54 Å². The largest absolute Gasteiger partial charge is 0.349 e. The first kappa shape index (κ1) is 13.4. The summed E-state index contributed by atoms with van der Waals surface area (Å²) in [7, 11) is 0. The Balaban J connectivity index is 2.26. The summed E-state index contributed by atoms with van der Waals surface area (Å²) in [6, 6.07) is 9.00. The standard InChI is InChI=1S/C14H19NO2/c1-2-3-5-10-14(17)15-11-13(16)12-8-6-4-7-9-12/h4,6-9H,2-3,5,10-11H2,1H3,(H,15,17). The Hall–Kier alpha value is -1.64. The molecule has 3 nitrogen and oxygen atoms in total. The number of hydrogen-bond donors (Lipinski definition) is 1. The van der Waals surface area contributed by atoms with Crippen molar-refractivity contribution in [1.82, 2.24) is 5.32 Å². The quantitative estimate of drug-likeness (QED) is 0.581. The van der Waals surface area contributed by atoms with Crippen molar-refractivity contribution in [1.29, 1.82) is 0 Å². The summed E-state index contributed by atoms with van der Waals surface area (Å²) >= 11 is 0. The van der Waals surface area contributed by atoms with Crippen LogP contribution in [-0.2, 0) is 4.79 Å². The van der Waals surface area contributed by atoms with Gasteiger partial charge in [0.2, 0.25) is 5.91 Å². The van der Waals surface area contributed by atoms with E-state index in [-0.39, 0.29) is 18.2 Å². The van der Waals surface area contributed by atoms with Crippen LogP contribution in [0.3, 0.4) is 0 Å². The number of ketones is 1. The average molecular weight is 233 g/mol. The van der Waals surface area contributed by atoms with E-state index in [1.54, 1.807) is 12.1 Å². The molecule has 0 heterocycles. The molecule has 0 fully saturated rings. The van der Waals surface area contributed by atoms with Crippen molar-refractivity contribution in [3.8, 4) is 0 Å². The zero-order chi connectivity index (χ0) is 12.5. The van der Waals surface area contributed by atoms with Crippen LogP contribution in [0.1, 0.15) is 43.0 Å². The molecule has 0 saturated carbocycles. The molecular formula is C14H19NO2. The van der Waals surface area contributed by atoms with Crippen LogP contribution >= 0.6 is 0 Å². The first-order valence-electron chi connectivity index (χ1n) is 6.09. The van der Waals surface area contributed by atoms with Crippen LogP contribution in [0.25, 0.3) is 0 Å². The number of unbranched alkanes of at least 4 members (excludes halogenated alkanes) is 2. The minimum atomic E-state index is -0.0468. The van der Waals surface area contributed by atoms with Crippen molar-refractivity contribution < 1.29 is 9.59 Å². The molecule has 0 aromatic heterocycles. The third-order valence-electron chi connectivity index (χ3n) is 2.55. The molecule has 0 aliphatic heterocycles. The first-order chi connectivity index (χ1) is 8.24. The number of amides is 1. The predicted octanol–water partition coefficient (Wildman–Crippen LogP) is 2.57. The van der Waals surface area contributed by atoms with Gasteiger partial charge in [-0.15, -0.1) is 0 Å². The van der Waals surface area contributed by atoms with Crippen LogP contribution in [0.4, 0.5) is 0 Å². The summed E-state index contributed by atoms with van der Waals surface area (Å²) < 4.78 is 0. The number of nitrogens with one attached hydrogen (secondary N) is 1. The monoisotopic (exact) mass is 233 g/mol. The van der Waals surface area contributed by atoms with Crippen molar-refractivity contribution in [2.45, 2.75) is 32.6 Å². The highest BCUT2D eigenvalue weighted by Gasteiger charge is 2.06. The van der Waals surface area contributed by atoms with Crippen molar-refractivity contribution in [2.75, 3.05) is 6.54 Å². The number of hydrogen-bond acceptors (Lipinski definition) is 2. The first-order valence-corrected chi connectivity index (χ1v) is 6.09. The van der Waals surface area contributed by atoms with Gasteiger partial charge >= 0.3 is 0 Å². The molecule has 0 saturated heterocycles. The van der Waals surface area contributed by atoms with Gasteiger partial charge in [0, 0.05) is 12.0 Å². The van der Waals surface area contributed by atoms with E-state index in [4.69, 9.17) is 0 Å². The maximum absolute atomic E-state index is 11.7. The van der Waals surface area contributed by atoms with Gasteiger partial charge in [-0.25, -0.2) is 0 Å². The molecule has 0 unspecified atom stereocenters. The summed E-state index contributed by atoms with van der Waals surface area (Å²) in [6.07, 6.45) is 3.55. The van der Waals surface area contributed by atoms with Crippen LogP contribution in [0.15, 0.2) is 30.3 Å². The van der Waals surface area contributed by atoms with E-state index in [0.29, 0.717) is 12.0 Å². The van der Waals surface area contributed by atoms with Crippen LogP contribution in [0.2, 0.25) is 0 Å². The summed E-state index contributed by atoms with van der Waals surface area (Å²) in [5, 5.41) is 2.65. The molecule has 92 valence electrons. The SMILES string of the molecule is CCCCCC(=O)NCC(=O)c1ccccc1. The van der Waals surface area contributed by atoms with E-state index in [0.717, 1.165) is 19.3 Å². The molecule has 0 atom stereocenters. The van der Waals surface area contributed by atoms with Gasteiger partial charge in [0.15, 0.2) is 5.78 Å². The minimum Gasteiger partial charge on any atom is -0.349 e. The highest BCUT2D eigenvalue weighted by Crippen LogP contribution is 2.00. The van der Waals surface area contributed by atoms with Crippen LogP contribution in [0.5, 0.6) is 0 Å². The maximum atomic E-state index is 11.7. The Labute approximate surface area is 102 Å². The fraction of sp³-hybridized carbons (Fsp3) is 0.429. The summed E-state index contributed by atoms with van der Waals surface area (Å²) in [5.41, 5.74) is 0.640. The van der Waals surface area contributed by atoms with Crippen molar-refractivity contribution >= 4 is 11.7 Å². The second-order valence-corrected chi connectivity index (χ2v) is 4.02. The highest BCUT2D eigenvalue weighted by atomic mass is 16.2. The van der Waals surface area contributed by atoms with Crippen molar-refractivity contribution in [3.05, 3.63) is 35.9 Å². The van der Waals surface area contributed by atoms with E-state index >= 15 is 0 Å². The predicted molar refractivity (Wildman–Crippen MR) is 67.9 cm³/mol. The Morgan fingerprint density at radius 2 is 1.82 bits per heavy atom. The smallest absolute Gasteiger partial charge is 0.220 e. The fourth-order valence-corrected chi connectivity index (χ4v) is 1.53. The molecule has 1 aromatic rings. The maximum Gasteiger partial charge on any atom is 0.220 e. The van der Waals surface area contributed by atoms with Gasteiger partial charge in [0.1, 0.15) is 0 Å². The van der Waals surface area contributed by atoms with E-state index in [1.165, 1.54) is 0 Å². The van der Waals surface area contributed by atoms with Crippen LogP contribution in [0, 0.1) is 0 Å². The lowest BCUT2D eigenvalue weighted by Gasteiger charge is -2.04. The molecule has 1 N–H and O–H groups in total. The van der Waals surface area contributed by atoms with Crippen molar-refractivity contribution in [3.63, 3.8) is 0 Å². The van der Waals surface area contributed by atoms with E-state index < -0.39 is 0 Å². The van der Waals surface area contributed by atoms with Gasteiger partial charge in [0.25, 0.3) is 0 Å². The summed E-state index contributed by atoms with van der Waals surface area (Å²) in [6.45, 7) is 2.19. The zero-order valence-electron chi connectivity index (χ0n) is 10.2. The molecule has 1 rings (SSSR count). The number of carbonyl (C=O) groups excluding carboxylic acids is 2. The lowest BCUT2D eigenvalue weighted by atomic mass is 10.1. The normalized spacial score (nSPS) is 9.94. The fourth-order valence-electron chi connectivity index (χ4n) is 1.53. The molecule has 0 aliphatic carbocycles. The van der Waals surface area contributed by atoms with Gasteiger partial charge in [-0.1, -0.05) is 50.1 Å². The Morgan fingerprint density at radius 1 is 1.12 bits per heavy atom. The summed E-state index contributed by atoms with van der Waals surface area (Å²) in [4.78, 5) is 23.1. The molecule has 0 aliphatic rings. The number of carbonyl (C=O) groups is 2. The molecule has 0 spiro atoms. The average Bonchev–Trinajstić information content (AvgIpc) is 2.37. The molecule has 1 amide bonds. The molecule has 3 heteroatoms. The topological polar surface area (TPSA) is 46.2 Å². The van der Waals surface area contributed by atoms with E-state index in [1.807, 2.05) is 18.2 Å². The van der Waals surface area contributed by atoms with E-state index in [9.17, 15) is 9.59 Å². The lowest BCUT2D eigenvalue weighted by Crippen LogP contribution is -2.29. The number of Topliss-reactive ketones (excluding diaryl/α,β-unsaturated/α-hetero) is 1. The molecule has 0 radical (unpaired) electrons. The molecule has 17 heavy (non-hydrogen) atoms. The second kappa shape index (κ2) is 7.60. The van der Waals surface area contributed by atoms with Gasteiger partial charge in [-0.3, -0.25) is 9.59 Å². The van der Waals surface area contributed by atoms with Crippen LogP contribution in [-0.4, -0.2) is 18.2 Å². The summed E-state index contributed by atoms with van der Waals surface area (Å²) in [5.74, 6) is -0.0860. The lowest BCUT2D eigenvalue weighted by molar-refractivity contribution is -0.121. The minimum absolute atomic E-state index is 0.0391. The zero-order valence-corrected chi connectivity index (χ0v) is 10.2. The third kappa shape index (κ3) is 5.29.